The molecular weight excluding hydrogens is 228 g/mol. The highest BCUT2D eigenvalue weighted by molar-refractivity contribution is 5.73. The van der Waals surface area contributed by atoms with Gasteiger partial charge in [0.05, 0.1) is 6.07 Å². The van der Waals surface area contributed by atoms with Gasteiger partial charge in [-0.25, -0.2) is 0 Å². The molecule has 1 fully saturated rings. The average molecular weight is 252 g/mol. The van der Waals surface area contributed by atoms with Crippen LogP contribution in [-0.4, -0.2) is 42.5 Å². The number of carbonyl (C=O) groups excluding carboxylic acids is 1. The molecule has 1 saturated heterocycles. The van der Waals surface area contributed by atoms with Crippen LogP contribution in [0.25, 0.3) is 0 Å². The molecular formula is C13H24N4O. The third-order valence-electron chi connectivity index (χ3n) is 3.33. The summed E-state index contributed by atoms with van der Waals surface area (Å²) in [4.78, 5) is 13.1. The number of nitrogens with one attached hydrogen (secondary N) is 1. The summed E-state index contributed by atoms with van der Waals surface area (Å²) in [5.41, 5.74) is 5.21. The van der Waals surface area contributed by atoms with Gasteiger partial charge in [0.2, 0.25) is 5.91 Å². The van der Waals surface area contributed by atoms with Crippen molar-refractivity contribution in [2.24, 2.45) is 11.7 Å². The Morgan fingerprint density at radius 1 is 1.50 bits per heavy atom. The van der Waals surface area contributed by atoms with E-state index in [0.29, 0.717) is 18.4 Å². The molecule has 1 atom stereocenters. The number of nitrogens with zero attached hydrogens (tertiary/aromatic N) is 2. The van der Waals surface area contributed by atoms with E-state index in [1.807, 2.05) is 13.8 Å². The lowest BCUT2D eigenvalue weighted by Crippen LogP contribution is -2.45. The Labute approximate surface area is 109 Å². The molecule has 102 valence electrons. The number of nitrogens with two attached hydrogens (primary N) is 1. The van der Waals surface area contributed by atoms with Crippen LogP contribution in [0.2, 0.25) is 0 Å². The van der Waals surface area contributed by atoms with E-state index in [-0.39, 0.29) is 11.9 Å². The van der Waals surface area contributed by atoms with Crippen LogP contribution >= 0.6 is 0 Å². The second-order valence-corrected chi connectivity index (χ2v) is 5.42. The Morgan fingerprint density at radius 2 is 2.11 bits per heavy atom. The van der Waals surface area contributed by atoms with Gasteiger partial charge in [0.25, 0.3) is 0 Å². The minimum Gasteiger partial charge on any atom is -0.370 e. The normalized spacial score (nSPS) is 19.7. The van der Waals surface area contributed by atoms with E-state index in [1.165, 1.54) is 0 Å². The zero-order chi connectivity index (χ0) is 13.5. The summed E-state index contributed by atoms with van der Waals surface area (Å²) < 4.78 is 0. The molecule has 1 rings (SSSR count). The number of hydrogen-bond acceptors (Lipinski definition) is 4. The van der Waals surface area contributed by atoms with Gasteiger partial charge in [0.15, 0.2) is 0 Å². The van der Waals surface area contributed by atoms with Gasteiger partial charge in [0, 0.05) is 19.0 Å². The average Bonchev–Trinajstić information content (AvgIpc) is 2.29. The fourth-order valence-electron chi connectivity index (χ4n) is 2.45. The standard InChI is InChI=1S/C13H24N4O/c1-10(2)16-12(8-14)9-17-5-3-11(4-6-17)7-13(15)18/h10-12,16H,3-7,9H2,1-2H3,(H2,15,18). The van der Waals surface area contributed by atoms with Crippen molar-refractivity contribution in [1.29, 1.82) is 5.26 Å². The molecule has 0 aromatic rings. The number of amides is 1. The molecule has 5 nitrogen and oxygen atoms in total. The van der Waals surface area contributed by atoms with E-state index in [9.17, 15) is 4.79 Å². The van der Waals surface area contributed by atoms with Crippen molar-refractivity contribution >= 4 is 5.91 Å². The van der Waals surface area contributed by atoms with Gasteiger partial charge in [-0.3, -0.25) is 10.1 Å². The molecule has 3 N–H and O–H groups in total. The summed E-state index contributed by atoms with van der Waals surface area (Å²) in [7, 11) is 0. The Kier molecular flexibility index (Phi) is 6.10. The first-order valence-electron chi connectivity index (χ1n) is 6.67. The smallest absolute Gasteiger partial charge is 0.217 e. The molecule has 0 spiro atoms. The van der Waals surface area contributed by atoms with E-state index in [0.717, 1.165) is 32.5 Å². The Balaban J connectivity index is 2.30. The van der Waals surface area contributed by atoms with Crippen LogP contribution in [-0.2, 0) is 4.79 Å². The Hall–Kier alpha value is -1.12. The summed E-state index contributed by atoms with van der Waals surface area (Å²) >= 11 is 0. The third kappa shape index (κ3) is 5.48. The minimum absolute atomic E-state index is 0.113. The second kappa shape index (κ2) is 7.34. The molecule has 0 radical (unpaired) electrons. The lowest BCUT2D eigenvalue weighted by atomic mass is 9.93. The first-order chi connectivity index (χ1) is 8.51. The zero-order valence-electron chi connectivity index (χ0n) is 11.4. The van der Waals surface area contributed by atoms with Gasteiger partial charge in [-0.05, 0) is 45.7 Å². The van der Waals surface area contributed by atoms with Gasteiger partial charge < -0.3 is 10.6 Å². The Morgan fingerprint density at radius 3 is 2.56 bits per heavy atom. The zero-order valence-corrected chi connectivity index (χ0v) is 11.4. The lowest BCUT2D eigenvalue weighted by molar-refractivity contribution is -0.119. The van der Waals surface area contributed by atoms with Crippen molar-refractivity contribution in [3.8, 4) is 6.07 Å². The highest BCUT2D eigenvalue weighted by Crippen LogP contribution is 2.20. The van der Waals surface area contributed by atoms with Crippen LogP contribution in [0.5, 0.6) is 0 Å². The van der Waals surface area contributed by atoms with Gasteiger partial charge in [-0.15, -0.1) is 0 Å². The summed E-state index contributed by atoms with van der Waals surface area (Å²) in [6.07, 6.45) is 2.51. The molecule has 1 unspecified atom stereocenters. The van der Waals surface area contributed by atoms with E-state index in [1.54, 1.807) is 0 Å². The van der Waals surface area contributed by atoms with E-state index in [2.05, 4.69) is 16.3 Å². The predicted octanol–water partition coefficient (Wildman–Crippen LogP) is 0.464. The summed E-state index contributed by atoms with van der Waals surface area (Å²) in [5, 5.41) is 12.3. The predicted molar refractivity (Wildman–Crippen MR) is 70.6 cm³/mol. The maximum atomic E-state index is 10.8. The topological polar surface area (TPSA) is 82.2 Å². The molecule has 0 aliphatic carbocycles. The molecule has 0 aromatic carbocycles. The molecule has 18 heavy (non-hydrogen) atoms. The molecule has 0 bridgehead atoms. The summed E-state index contributed by atoms with van der Waals surface area (Å²) in [6.45, 7) is 6.76. The number of primary amides is 1. The minimum atomic E-state index is -0.204. The second-order valence-electron chi connectivity index (χ2n) is 5.42. The molecule has 0 aromatic heterocycles. The van der Waals surface area contributed by atoms with Crippen molar-refractivity contribution in [3.05, 3.63) is 0 Å². The number of likely N-dealkylation sites (tertiary alicyclic amines) is 1. The number of piperidine rings is 1. The largest absolute Gasteiger partial charge is 0.370 e. The van der Waals surface area contributed by atoms with Crippen molar-refractivity contribution in [1.82, 2.24) is 10.2 Å². The fraction of sp³-hybridized carbons (Fsp3) is 0.846. The molecule has 0 saturated carbocycles. The first kappa shape index (κ1) is 14.9. The Bertz CT molecular complexity index is 303. The van der Waals surface area contributed by atoms with Gasteiger partial charge >= 0.3 is 0 Å². The number of hydrogen-bond donors (Lipinski definition) is 2. The van der Waals surface area contributed by atoms with E-state index in [4.69, 9.17) is 11.0 Å². The quantitative estimate of drug-likeness (QED) is 0.719. The monoisotopic (exact) mass is 252 g/mol. The molecule has 1 aliphatic heterocycles. The molecule has 1 amide bonds. The maximum Gasteiger partial charge on any atom is 0.217 e. The van der Waals surface area contributed by atoms with E-state index >= 15 is 0 Å². The van der Waals surface area contributed by atoms with Crippen LogP contribution in [0.15, 0.2) is 0 Å². The van der Waals surface area contributed by atoms with Crippen molar-refractivity contribution in [3.63, 3.8) is 0 Å². The molecule has 1 aliphatic rings. The fourth-order valence-corrected chi connectivity index (χ4v) is 2.45. The third-order valence-corrected chi connectivity index (χ3v) is 3.33. The van der Waals surface area contributed by atoms with Crippen molar-refractivity contribution < 1.29 is 4.79 Å². The van der Waals surface area contributed by atoms with Gasteiger partial charge in [-0.2, -0.15) is 5.26 Å². The maximum absolute atomic E-state index is 10.8. The van der Waals surface area contributed by atoms with Crippen LogP contribution in [0.4, 0.5) is 0 Å². The summed E-state index contributed by atoms with van der Waals surface area (Å²) in [5.74, 6) is 0.224. The van der Waals surface area contributed by atoms with Gasteiger partial charge in [-0.1, -0.05) is 0 Å². The van der Waals surface area contributed by atoms with E-state index < -0.39 is 0 Å². The highest BCUT2D eigenvalue weighted by Gasteiger charge is 2.22. The number of carbonyl (C=O) groups is 1. The number of rotatable bonds is 6. The molecule has 5 heteroatoms. The van der Waals surface area contributed by atoms with Gasteiger partial charge in [0.1, 0.15) is 6.04 Å². The highest BCUT2D eigenvalue weighted by atomic mass is 16.1. The van der Waals surface area contributed by atoms with Crippen LogP contribution in [0.3, 0.4) is 0 Å². The van der Waals surface area contributed by atoms with Crippen LogP contribution in [0.1, 0.15) is 33.1 Å². The van der Waals surface area contributed by atoms with Crippen molar-refractivity contribution in [2.45, 2.75) is 45.2 Å². The van der Waals surface area contributed by atoms with Crippen LogP contribution < -0.4 is 11.1 Å². The van der Waals surface area contributed by atoms with Crippen LogP contribution in [0, 0.1) is 17.2 Å². The van der Waals surface area contributed by atoms with Crippen molar-refractivity contribution in [2.75, 3.05) is 19.6 Å². The molecule has 1 heterocycles. The lowest BCUT2D eigenvalue weighted by Gasteiger charge is -2.33. The number of nitriles is 1. The SMILES string of the molecule is CC(C)NC(C#N)CN1CCC(CC(N)=O)CC1. The first-order valence-corrected chi connectivity index (χ1v) is 6.67. The summed E-state index contributed by atoms with van der Waals surface area (Å²) in [6, 6.07) is 2.51.